The number of carbonyl (C=O) groups is 1. The molecule has 0 radical (unpaired) electrons. The van der Waals surface area contributed by atoms with E-state index in [0.29, 0.717) is 24.0 Å². The Labute approximate surface area is 149 Å². The average molecular weight is 362 g/mol. The first kappa shape index (κ1) is 16.9. The molecule has 0 unspecified atom stereocenters. The zero-order valence-electron chi connectivity index (χ0n) is 14.3. The Morgan fingerprint density at radius 2 is 1.92 bits per heavy atom. The quantitative estimate of drug-likeness (QED) is 0.831. The van der Waals surface area contributed by atoms with E-state index in [1.165, 1.54) is 6.33 Å². The average Bonchev–Trinajstić information content (AvgIpc) is 3.48. The van der Waals surface area contributed by atoms with Crippen molar-refractivity contribution in [3.63, 3.8) is 0 Å². The van der Waals surface area contributed by atoms with E-state index in [-0.39, 0.29) is 11.8 Å². The van der Waals surface area contributed by atoms with Gasteiger partial charge in [-0.25, -0.2) is 13.8 Å². The molecule has 138 valence electrons. The number of anilines is 1. The number of hydrogen-bond donors (Lipinski definition) is 0. The fourth-order valence-corrected chi connectivity index (χ4v) is 3.40. The van der Waals surface area contributed by atoms with E-state index in [9.17, 15) is 18.4 Å². The van der Waals surface area contributed by atoms with E-state index in [4.69, 9.17) is 0 Å². The van der Waals surface area contributed by atoms with Gasteiger partial charge in [0.15, 0.2) is 0 Å². The van der Waals surface area contributed by atoms with Gasteiger partial charge in [0, 0.05) is 37.8 Å². The van der Waals surface area contributed by atoms with Gasteiger partial charge in [0.2, 0.25) is 5.91 Å². The van der Waals surface area contributed by atoms with Crippen molar-refractivity contribution >= 4 is 22.5 Å². The topological polar surface area (TPSA) is 58.4 Å². The first-order valence-electron chi connectivity index (χ1n) is 8.84. The van der Waals surface area contributed by atoms with Crippen molar-refractivity contribution in [3.05, 3.63) is 34.9 Å². The molecule has 8 heteroatoms. The number of halogens is 2. The first-order chi connectivity index (χ1) is 12.5. The van der Waals surface area contributed by atoms with Crippen molar-refractivity contribution < 1.29 is 13.6 Å². The van der Waals surface area contributed by atoms with Crippen molar-refractivity contribution in [2.24, 2.45) is 5.92 Å². The van der Waals surface area contributed by atoms with Gasteiger partial charge in [0.25, 0.3) is 12.0 Å². The number of aromatic nitrogens is 2. The minimum Gasteiger partial charge on any atom is -0.368 e. The number of amides is 1. The fraction of sp³-hybridized carbons (Fsp3) is 0.500. The van der Waals surface area contributed by atoms with Crippen LogP contribution in [0.25, 0.3) is 10.9 Å². The lowest BCUT2D eigenvalue weighted by molar-refractivity contribution is -0.132. The van der Waals surface area contributed by atoms with E-state index in [1.54, 1.807) is 6.07 Å². The van der Waals surface area contributed by atoms with Crippen molar-refractivity contribution in [3.8, 4) is 0 Å². The highest BCUT2D eigenvalue weighted by Gasteiger charge is 2.34. The summed E-state index contributed by atoms with van der Waals surface area (Å²) >= 11 is 0. The molecular weight excluding hydrogens is 342 g/mol. The normalized spacial score (nSPS) is 18.0. The number of benzene rings is 1. The zero-order valence-corrected chi connectivity index (χ0v) is 14.3. The van der Waals surface area contributed by atoms with Gasteiger partial charge in [-0.05, 0) is 31.0 Å². The van der Waals surface area contributed by atoms with E-state index in [2.05, 4.69) is 9.88 Å². The molecule has 0 bridgehead atoms. The molecule has 1 aromatic carbocycles. The van der Waals surface area contributed by atoms with Gasteiger partial charge in [0.05, 0.1) is 23.8 Å². The molecule has 2 aromatic rings. The van der Waals surface area contributed by atoms with Crippen LogP contribution in [0.4, 0.5) is 14.5 Å². The monoisotopic (exact) mass is 362 g/mol. The van der Waals surface area contributed by atoms with Crippen LogP contribution in [0, 0.1) is 5.92 Å². The van der Waals surface area contributed by atoms with Crippen molar-refractivity contribution in [2.45, 2.75) is 25.8 Å². The molecule has 2 aliphatic rings. The third kappa shape index (κ3) is 3.27. The van der Waals surface area contributed by atoms with Crippen LogP contribution in [-0.4, -0.2) is 53.0 Å². The number of alkyl halides is 2. The van der Waals surface area contributed by atoms with Gasteiger partial charge < -0.3 is 9.80 Å². The second-order valence-electron chi connectivity index (χ2n) is 6.88. The second-order valence-corrected chi connectivity index (χ2v) is 6.88. The Hall–Kier alpha value is -2.51. The number of fused-ring (bicyclic) bond motifs is 1. The van der Waals surface area contributed by atoms with Gasteiger partial charge in [0.1, 0.15) is 0 Å². The number of nitrogens with zero attached hydrogens (tertiary/aromatic N) is 4. The molecule has 26 heavy (non-hydrogen) atoms. The highest BCUT2D eigenvalue weighted by molar-refractivity contribution is 5.82. The maximum Gasteiger partial charge on any atom is 0.261 e. The van der Waals surface area contributed by atoms with E-state index >= 15 is 0 Å². The molecule has 1 aliphatic carbocycles. The van der Waals surface area contributed by atoms with Gasteiger partial charge in [-0.2, -0.15) is 0 Å². The summed E-state index contributed by atoms with van der Waals surface area (Å²) in [6, 6.07) is 5.27. The van der Waals surface area contributed by atoms with Crippen LogP contribution < -0.4 is 10.5 Å². The Morgan fingerprint density at radius 3 is 2.58 bits per heavy atom. The summed E-state index contributed by atoms with van der Waals surface area (Å²) in [6.45, 7) is 2.19. The van der Waals surface area contributed by atoms with Gasteiger partial charge in [-0.15, -0.1) is 0 Å². The van der Waals surface area contributed by atoms with Crippen LogP contribution >= 0.6 is 0 Å². The van der Waals surface area contributed by atoms with E-state index < -0.39 is 18.5 Å². The number of carbonyl (C=O) groups excluding carboxylic acids is 1. The number of hydrogen-bond acceptors (Lipinski definition) is 4. The lowest BCUT2D eigenvalue weighted by Crippen LogP contribution is -2.49. The smallest absolute Gasteiger partial charge is 0.261 e. The zero-order chi connectivity index (χ0) is 18.3. The molecule has 0 spiro atoms. The lowest BCUT2D eigenvalue weighted by Gasteiger charge is -2.36. The van der Waals surface area contributed by atoms with Gasteiger partial charge >= 0.3 is 0 Å². The van der Waals surface area contributed by atoms with Crippen LogP contribution in [0.2, 0.25) is 0 Å². The maximum absolute atomic E-state index is 12.5. The molecule has 2 heterocycles. The largest absolute Gasteiger partial charge is 0.368 e. The predicted molar refractivity (Wildman–Crippen MR) is 93.5 cm³/mol. The predicted octanol–water partition coefficient (Wildman–Crippen LogP) is 1.72. The van der Waals surface area contributed by atoms with E-state index in [1.807, 2.05) is 17.0 Å². The Kier molecular flexibility index (Phi) is 4.34. The summed E-state index contributed by atoms with van der Waals surface area (Å²) in [5.41, 5.74) is 0.964. The molecule has 6 nitrogen and oxygen atoms in total. The Bertz CT molecular complexity index is 886. The summed E-state index contributed by atoms with van der Waals surface area (Å²) < 4.78 is 26.0. The highest BCUT2D eigenvalue weighted by Crippen LogP contribution is 2.31. The molecule has 0 atom stereocenters. The molecule has 4 rings (SSSR count). The SMILES string of the molecule is O=C(C1CC1)N1CCN(c2ccc3c(=O)n(CC(F)F)cnc3c2)CC1. The summed E-state index contributed by atoms with van der Waals surface area (Å²) in [5.74, 6) is 0.506. The molecular formula is C18H20F2N4O2. The Balaban J connectivity index is 1.51. The minimum atomic E-state index is -2.60. The molecule has 1 aromatic heterocycles. The second kappa shape index (κ2) is 6.66. The van der Waals surface area contributed by atoms with Crippen molar-refractivity contribution in [1.29, 1.82) is 0 Å². The van der Waals surface area contributed by atoms with Gasteiger partial charge in [-0.1, -0.05) is 0 Å². The van der Waals surface area contributed by atoms with Gasteiger partial charge in [-0.3, -0.25) is 14.2 Å². The third-order valence-corrected chi connectivity index (χ3v) is 5.03. The summed E-state index contributed by atoms with van der Waals surface area (Å²) in [6.07, 6.45) is 0.602. The fourth-order valence-electron chi connectivity index (χ4n) is 3.40. The molecule has 1 saturated heterocycles. The summed E-state index contributed by atoms with van der Waals surface area (Å²) in [4.78, 5) is 32.6. The van der Waals surface area contributed by atoms with Crippen molar-refractivity contribution in [2.75, 3.05) is 31.1 Å². The highest BCUT2D eigenvalue weighted by atomic mass is 19.3. The summed E-state index contributed by atoms with van der Waals surface area (Å²) in [5, 5.41) is 0.333. The molecule has 1 amide bonds. The standard InChI is InChI=1S/C18H20F2N4O2/c19-16(20)10-24-11-21-15-9-13(3-4-14(15)18(24)26)22-5-7-23(8-6-22)17(25)12-1-2-12/h3-4,9,11-12,16H,1-2,5-8,10H2. The molecule has 1 aliphatic heterocycles. The minimum absolute atomic E-state index is 0.238. The molecule has 0 N–H and O–H groups in total. The first-order valence-corrected chi connectivity index (χ1v) is 8.84. The number of piperazine rings is 1. The molecule has 2 fully saturated rings. The van der Waals surface area contributed by atoms with Crippen LogP contribution in [0.1, 0.15) is 12.8 Å². The van der Waals surface area contributed by atoms with Crippen LogP contribution in [0.15, 0.2) is 29.3 Å². The summed E-state index contributed by atoms with van der Waals surface area (Å²) in [7, 11) is 0. The van der Waals surface area contributed by atoms with Crippen molar-refractivity contribution in [1.82, 2.24) is 14.5 Å². The van der Waals surface area contributed by atoms with Crippen LogP contribution in [0.5, 0.6) is 0 Å². The lowest BCUT2D eigenvalue weighted by atomic mass is 10.2. The Morgan fingerprint density at radius 1 is 1.19 bits per heavy atom. The van der Waals surface area contributed by atoms with E-state index in [0.717, 1.165) is 36.2 Å². The molecule has 1 saturated carbocycles. The number of rotatable bonds is 4. The van der Waals surface area contributed by atoms with Crippen LogP contribution in [0.3, 0.4) is 0 Å². The maximum atomic E-state index is 12.5. The third-order valence-electron chi connectivity index (χ3n) is 5.03. The van der Waals surface area contributed by atoms with Crippen LogP contribution in [-0.2, 0) is 11.3 Å².